The van der Waals surface area contributed by atoms with Gasteiger partial charge in [0.15, 0.2) is 0 Å². The highest BCUT2D eigenvalue weighted by Gasteiger charge is 2.86. The van der Waals surface area contributed by atoms with E-state index in [1.54, 1.807) is 22.3 Å². The van der Waals surface area contributed by atoms with E-state index in [2.05, 4.69) is 72.8 Å². The van der Waals surface area contributed by atoms with Crippen LogP contribution in [-0.4, -0.2) is 0 Å². The van der Waals surface area contributed by atoms with Gasteiger partial charge >= 0.3 is 0 Å². The normalized spacial score (nSPS) is 50.0. The first-order valence-electron chi connectivity index (χ1n) is 14.9. The zero-order valence-electron chi connectivity index (χ0n) is 20.4. The molecule has 4 aromatic rings. The van der Waals surface area contributed by atoms with Crippen LogP contribution in [0, 0.1) is 59.2 Å². The molecule has 0 aliphatic heterocycles. The summed E-state index contributed by atoms with van der Waals surface area (Å²) in [5.74, 6) is 14.4. The second-order valence-electron chi connectivity index (χ2n) is 14.3. The lowest BCUT2D eigenvalue weighted by Gasteiger charge is -2.85. The molecule has 4 aromatic carbocycles. The molecule has 0 N–H and O–H groups in total. The van der Waals surface area contributed by atoms with Gasteiger partial charge in [0, 0.05) is 0 Å². The molecule has 0 nitrogen and oxygen atoms in total. The summed E-state index contributed by atoms with van der Waals surface area (Å²) in [4.78, 5) is 0. The molecule has 0 aromatic heterocycles. The van der Waals surface area contributed by atoms with Gasteiger partial charge in [-0.2, -0.15) is 0 Å². The first-order valence-corrected chi connectivity index (χ1v) is 14.9. The molecule has 174 valence electrons. The minimum absolute atomic E-state index is 0.892. The van der Waals surface area contributed by atoms with Crippen LogP contribution in [-0.2, 0) is 0 Å². The molecule has 12 rings (SSSR count). The number of rotatable bonds is 0. The van der Waals surface area contributed by atoms with Crippen molar-refractivity contribution in [2.45, 2.75) is 36.5 Å². The number of fused-ring (bicyclic) bond motifs is 29. The fourth-order valence-corrected chi connectivity index (χ4v) is 13.6. The Morgan fingerprint density at radius 3 is 0.861 bits per heavy atom. The fourth-order valence-electron chi connectivity index (χ4n) is 13.6. The Morgan fingerprint density at radius 2 is 0.583 bits per heavy atom. The van der Waals surface area contributed by atoms with Crippen molar-refractivity contribution in [2.75, 3.05) is 0 Å². The number of benzene rings is 4. The molecule has 6 saturated carbocycles. The zero-order valence-corrected chi connectivity index (χ0v) is 20.4. The Kier molecular flexibility index (Phi) is 2.63. The molecule has 6 fully saturated rings. The average Bonchev–Trinajstić information content (AvgIpc) is 3.60. The van der Waals surface area contributed by atoms with E-state index in [1.165, 1.54) is 34.4 Å². The molecular formula is C36H30. The molecule has 0 radical (unpaired) electrons. The summed E-state index contributed by atoms with van der Waals surface area (Å²) in [6.07, 6.45) is 2.97. The first kappa shape index (κ1) is 17.8. The van der Waals surface area contributed by atoms with E-state index < -0.39 is 0 Å². The van der Waals surface area contributed by atoms with Crippen molar-refractivity contribution in [2.24, 2.45) is 59.2 Å². The minimum Gasteiger partial charge on any atom is -0.0616 e. The van der Waals surface area contributed by atoms with Gasteiger partial charge in [-0.15, -0.1) is 0 Å². The van der Waals surface area contributed by atoms with Crippen molar-refractivity contribution in [1.29, 1.82) is 0 Å². The molecular weight excluding hydrogens is 432 g/mol. The molecule has 8 aliphatic carbocycles. The third-order valence-electron chi connectivity index (χ3n) is 14.2. The maximum Gasteiger partial charge on any atom is -0.0119 e. The lowest BCUT2D eigenvalue weighted by atomic mass is 9.19. The topological polar surface area (TPSA) is 0 Å². The van der Waals surface area contributed by atoms with Crippen LogP contribution in [0.4, 0.5) is 0 Å². The Morgan fingerprint density at radius 1 is 0.333 bits per heavy atom. The summed E-state index contributed by atoms with van der Waals surface area (Å²) in [6, 6.07) is 28.7. The summed E-state index contributed by atoms with van der Waals surface area (Å²) in [7, 11) is 0. The van der Waals surface area contributed by atoms with Crippen molar-refractivity contribution < 1.29 is 0 Å². The molecule has 0 heteroatoms. The Balaban J connectivity index is 0.923. The van der Waals surface area contributed by atoms with Gasteiger partial charge in [-0.3, -0.25) is 0 Å². The van der Waals surface area contributed by atoms with Crippen molar-refractivity contribution in [3.8, 4) is 0 Å². The SMILES string of the molecule is c1ccc2cc3c(cc2c1)[C@H]1C[C@@H]3[C@H]2[C@@H]3C4C([C@@H]3[C@H]21)[C@H]1[C@H]4[C@@H]2[C@H]1[C@H]1C[C@@H]2c2cc3ccccc3cc21. The van der Waals surface area contributed by atoms with Crippen molar-refractivity contribution in [3.05, 3.63) is 95.1 Å². The summed E-state index contributed by atoms with van der Waals surface area (Å²) >= 11 is 0. The maximum absolute atomic E-state index is 2.61. The molecule has 0 heterocycles. The van der Waals surface area contributed by atoms with Crippen LogP contribution in [0.3, 0.4) is 0 Å². The summed E-state index contributed by atoms with van der Waals surface area (Å²) in [5, 5.41) is 5.89. The number of hydrogen-bond donors (Lipinski definition) is 0. The second kappa shape index (κ2) is 5.33. The Hall–Kier alpha value is -2.60. The summed E-state index contributed by atoms with van der Waals surface area (Å²) in [6.45, 7) is 0. The van der Waals surface area contributed by atoms with E-state index in [9.17, 15) is 0 Å². The average molecular weight is 463 g/mol. The van der Waals surface area contributed by atoms with Crippen LogP contribution in [0.2, 0.25) is 0 Å². The molecule has 4 bridgehead atoms. The minimum atomic E-state index is 0.892. The zero-order chi connectivity index (χ0) is 22.6. The standard InChI is InChI=1S/C36H30/c1-2-6-16-10-20-19(9-15(16)5-1)23-13-24(20)28-27(23)31-32(28)36-34-30-26-14-25(29(30)33(34)35(31)36)21-11-17-7-3-4-8-18(17)12-22(21)26/h1-12,23-36H,13-14H2/t23-,24+,25+,26-,27+,28-,29-,30+,31-,32-,33+,34-,35?,36?/m1/s1. The van der Waals surface area contributed by atoms with Gasteiger partial charge < -0.3 is 0 Å². The van der Waals surface area contributed by atoms with Crippen LogP contribution in [0.25, 0.3) is 21.5 Å². The van der Waals surface area contributed by atoms with Crippen molar-refractivity contribution in [1.82, 2.24) is 0 Å². The highest BCUT2D eigenvalue weighted by atomic mass is 14.9. The van der Waals surface area contributed by atoms with Crippen LogP contribution in [0.1, 0.15) is 58.8 Å². The van der Waals surface area contributed by atoms with Gasteiger partial charge in [0.25, 0.3) is 0 Å². The molecule has 0 amide bonds. The third kappa shape index (κ3) is 1.58. The van der Waals surface area contributed by atoms with Crippen LogP contribution in [0.15, 0.2) is 72.8 Å². The van der Waals surface area contributed by atoms with Gasteiger partial charge in [0.05, 0.1) is 0 Å². The molecule has 0 saturated heterocycles. The summed E-state index contributed by atoms with van der Waals surface area (Å²) < 4.78 is 0. The molecule has 36 heavy (non-hydrogen) atoms. The fraction of sp³-hybridized carbons (Fsp3) is 0.444. The highest BCUT2D eigenvalue weighted by molar-refractivity contribution is 5.86. The Labute approximate surface area is 212 Å². The summed E-state index contributed by atoms with van der Waals surface area (Å²) in [5.41, 5.74) is 7.07. The second-order valence-corrected chi connectivity index (χ2v) is 14.3. The van der Waals surface area contributed by atoms with E-state index in [4.69, 9.17) is 0 Å². The highest BCUT2D eigenvalue weighted by Crippen LogP contribution is 2.91. The van der Waals surface area contributed by atoms with Gasteiger partial charge in [-0.25, -0.2) is 0 Å². The molecule has 8 aliphatic rings. The van der Waals surface area contributed by atoms with Crippen molar-refractivity contribution in [3.63, 3.8) is 0 Å². The smallest absolute Gasteiger partial charge is 0.0119 e. The predicted octanol–water partition coefficient (Wildman–Crippen LogP) is 8.08. The van der Waals surface area contributed by atoms with Gasteiger partial charge in [0.1, 0.15) is 0 Å². The van der Waals surface area contributed by atoms with Gasteiger partial charge in [0.2, 0.25) is 0 Å². The van der Waals surface area contributed by atoms with Crippen LogP contribution < -0.4 is 0 Å². The quantitative estimate of drug-likeness (QED) is 0.183. The largest absolute Gasteiger partial charge is 0.0616 e. The third-order valence-corrected chi connectivity index (χ3v) is 14.2. The lowest BCUT2D eigenvalue weighted by Crippen LogP contribution is -2.81. The van der Waals surface area contributed by atoms with E-state index >= 15 is 0 Å². The van der Waals surface area contributed by atoms with Gasteiger partial charge in [-0.05, 0) is 139 Å². The first-order chi connectivity index (χ1) is 17.9. The van der Waals surface area contributed by atoms with E-state index in [0.717, 1.165) is 82.9 Å². The Bertz CT molecular complexity index is 1460. The predicted molar refractivity (Wildman–Crippen MR) is 143 cm³/mol. The number of hydrogen-bond acceptors (Lipinski definition) is 0. The van der Waals surface area contributed by atoms with E-state index in [1.807, 2.05) is 0 Å². The van der Waals surface area contributed by atoms with Crippen LogP contribution >= 0.6 is 0 Å². The van der Waals surface area contributed by atoms with E-state index in [0.29, 0.717) is 0 Å². The molecule has 0 spiro atoms. The van der Waals surface area contributed by atoms with E-state index in [-0.39, 0.29) is 0 Å². The van der Waals surface area contributed by atoms with Crippen LogP contribution in [0.5, 0.6) is 0 Å². The van der Waals surface area contributed by atoms with Gasteiger partial charge in [-0.1, -0.05) is 72.8 Å². The molecule has 14 atom stereocenters. The maximum atomic E-state index is 2.61. The lowest BCUT2D eigenvalue weighted by molar-refractivity contribution is -0.373. The monoisotopic (exact) mass is 462 g/mol. The van der Waals surface area contributed by atoms with Crippen molar-refractivity contribution >= 4 is 21.5 Å². The molecule has 2 unspecified atom stereocenters.